The maximum Gasteiger partial charge on any atom is 0.407 e. The van der Waals surface area contributed by atoms with Crippen molar-refractivity contribution in [3.63, 3.8) is 0 Å². The first-order valence-corrected chi connectivity index (χ1v) is 12.2. The molecule has 0 bridgehead atoms. The van der Waals surface area contributed by atoms with Crippen molar-refractivity contribution in [2.24, 2.45) is 0 Å². The summed E-state index contributed by atoms with van der Waals surface area (Å²) in [5, 5.41) is 2.87. The largest absolute Gasteiger partial charge is 0.444 e. The number of pyridine rings is 2. The summed E-state index contributed by atoms with van der Waals surface area (Å²) in [6.45, 7) is 8.19. The third kappa shape index (κ3) is 4.47. The number of hydrogen-bond donors (Lipinski definition) is 1. The molecule has 0 radical (unpaired) electrons. The molecule has 1 saturated heterocycles. The van der Waals surface area contributed by atoms with Crippen LogP contribution in [0.1, 0.15) is 67.4 Å². The van der Waals surface area contributed by atoms with Crippen LogP contribution in [0.4, 0.5) is 14.9 Å². The summed E-state index contributed by atoms with van der Waals surface area (Å²) >= 11 is 0. The Hall–Kier alpha value is -3.69. The number of nitrogens with one attached hydrogen (secondary N) is 1. The van der Waals surface area contributed by atoms with Crippen LogP contribution in [0.25, 0.3) is 5.52 Å². The Bertz CT molecular complexity index is 1400. The number of hydrogen-bond acceptors (Lipinski definition) is 6. The molecule has 1 atom stereocenters. The molecule has 190 valence electrons. The number of amides is 1. The fraction of sp³-hybridized carbons (Fsp3) is 0.462. The molecule has 0 spiro atoms. The topological polar surface area (TPSA) is 97.9 Å². The number of halogens is 1. The number of imidazole rings is 1. The van der Waals surface area contributed by atoms with Gasteiger partial charge in [-0.2, -0.15) is 0 Å². The molecular formula is C26H30FN5O4. The van der Waals surface area contributed by atoms with E-state index in [0.717, 1.165) is 18.4 Å². The van der Waals surface area contributed by atoms with E-state index in [2.05, 4.69) is 10.3 Å². The lowest BCUT2D eigenvalue weighted by molar-refractivity contribution is 0.0509. The quantitative estimate of drug-likeness (QED) is 0.594. The van der Waals surface area contributed by atoms with Crippen LogP contribution in [0.2, 0.25) is 0 Å². The number of anilines is 1. The van der Waals surface area contributed by atoms with Crippen molar-refractivity contribution in [1.82, 2.24) is 19.3 Å². The van der Waals surface area contributed by atoms with Gasteiger partial charge in [0.2, 0.25) is 0 Å². The molecule has 1 aliphatic carbocycles. The maximum atomic E-state index is 15.6. The minimum Gasteiger partial charge on any atom is -0.444 e. The Kier molecular flexibility index (Phi) is 5.84. The molecule has 1 saturated carbocycles. The zero-order valence-electron chi connectivity index (χ0n) is 20.9. The number of alkyl carbamates (subject to hydrolysis) is 1. The molecule has 0 unspecified atom stereocenters. The van der Waals surface area contributed by atoms with Gasteiger partial charge in [0.1, 0.15) is 17.5 Å². The highest BCUT2D eigenvalue weighted by Crippen LogP contribution is 2.44. The third-order valence-corrected chi connectivity index (χ3v) is 6.65. The van der Waals surface area contributed by atoms with Gasteiger partial charge in [-0.15, -0.1) is 0 Å². The van der Waals surface area contributed by atoms with Crippen molar-refractivity contribution in [2.45, 2.75) is 64.5 Å². The molecule has 4 heterocycles. The van der Waals surface area contributed by atoms with Crippen molar-refractivity contribution in [2.75, 3.05) is 18.0 Å². The molecule has 3 aromatic rings. The van der Waals surface area contributed by atoms with E-state index in [1.165, 1.54) is 33.9 Å². The summed E-state index contributed by atoms with van der Waals surface area (Å²) in [4.78, 5) is 44.3. The van der Waals surface area contributed by atoms with Crippen LogP contribution in [0, 0.1) is 12.7 Å². The van der Waals surface area contributed by atoms with E-state index in [1.807, 2.05) is 11.8 Å². The van der Waals surface area contributed by atoms with E-state index in [-0.39, 0.29) is 17.5 Å². The molecule has 1 amide bonds. The standard InChI is InChI=1S/C26H30FN5O4/c1-15-21-18(16-5-6-16)11-19(23(33)31-10-8-28-14-31)24(34)32(21)13-20(27)22(15)30-9-7-17(12-30)29-25(35)36-26(2,3)4/h8,10-11,13-14,16-17H,5-7,9,12H2,1-4H3,(H,29,35)/t17-/m0/s1. The first kappa shape index (κ1) is 24.0. The van der Waals surface area contributed by atoms with E-state index in [4.69, 9.17) is 4.74 Å². The highest BCUT2D eigenvalue weighted by molar-refractivity contribution is 5.96. The predicted octanol–water partition coefficient (Wildman–Crippen LogP) is 3.61. The summed E-state index contributed by atoms with van der Waals surface area (Å²) in [5.74, 6) is -0.826. The molecule has 5 rings (SSSR count). The number of carbonyl (C=O) groups is 2. The lowest BCUT2D eigenvalue weighted by atomic mass is 10.0. The van der Waals surface area contributed by atoms with Crippen LogP contribution in [-0.2, 0) is 4.74 Å². The Balaban J connectivity index is 1.51. The van der Waals surface area contributed by atoms with Gasteiger partial charge in [0.05, 0.1) is 23.4 Å². The Morgan fingerprint density at radius 2 is 1.97 bits per heavy atom. The Labute approximate surface area is 207 Å². The third-order valence-electron chi connectivity index (χ3n) is 6.65. The molecule has 1 aliphatic heterocycles. The van der Waals surface area contributed by atoms with E-state index in [9.17, 15) is 14.4 Å². The van der Waals surface area contributed by atoms with E-state index < -0.39 is 29.0 Å². The summed E-state index contributed by atoms with van der Waals surface area (Å²) in [7, 11) is 0. The maximum absolute atomic E-state index is 15.6. The number of nitrogens with zero attached hydrogens (tertiary/aromatic N) is 4. The fourth-order valence-corrected chi connectivity index (χ4v) is 4.96. The Morgan fingerprint density at radius 3 is 2.61 bits per heavy atom. The zero-order chi connectivity index (χ0) is 25.8. The van der Waals surface area contributed by atoms with Gasteiger partial charge in [-0.1, -0.05) is 0 Å². The highest BCUT2D eigenvalue weighted by Gasteiger charge is 2.33. The number of carbonyl (C=O) groups excluding carboxylic acids is 2. The van der Waals surface area contributed by atoms with Gasteiger partial charge in [-0.3, -0.25) is 18.6 Å². The van der Waals surface area contributed by atoms with E-state index >= 15 is 4.39 Å². The summed E-state index contributed by atoms with van der Waals surface area (Å²) in [6, 6.07) is 1.48. The first-order valence-electron chi connectivity index (χ1n) is 12.2. The van der Waals surface area contributed by atoms with Crippen LogP contribution in [0.5, 0.6) is 0 Å². The summed E-state index contributed by atoms with van der Waals surface area (Å²) in [6.07, 6.45) is 7.52. The molecule has 36 heavy (non-hydrogen) atoms. The molecule has 9 nitrogen and oxygen atoms in total. The van der Waals surface area contributed by atoms with Crippen molar-refractivity contribution in [1.29, 1.82) is 0 Å². The smallest absolute Gasteiger partial charge is 0.407 e. The molecular weight excluding hydrogens is 465 g/mol. The average Bonchev–Trinajstić information content (AvgIpc) is 3.28. The van der Waals surface area contributed by atoms with Crippen LogP contribution >= 0.6 is 0 Å². The number of aromatic nitrogens is 3. The second-order valence-electron chi connectivity index (χ2n) is 10.6. The van der Waals surface area contributed by atoms with Gasteiger partial charge < -0.3 is 15.0 Å². The van der Waals surface area contributed by atoms with Gasteiger partial charge >= 0.3 is 6.09 Å². The summed E-state index contributed by atoms with van der Waals surface area (Å²) in [5.41, 5.74) is 1.40. The first-order chi connectivity index (χ1) is 17.0. The lowest BCUT2D eigenvalue weighted by Crippen LogP contribution is -2.40. The van der Waals surface area contributed by atoms with E-state index in [1.54, 1.807) is 26.8 Å². The minimum atomic E-state index is -0.603. The van der Waals surface area contributed by atoms with Crippen molar-refractivity contribution in [3.05, 3.63) is 63.8 Å². The van der Waals surface area contributed by atoms with Crippen LogP contribution in [-0.4, -0.2) is 50.7 Å². The zero-order valence-corrected chi connectivity index (χ0v) is 20.9. The highest BCUT2D eigenvalue weighted by atomic mass is 19.1. The number of aryl methyl sites for hydroxylation is 1. The fourth-order valence-electron chi connectivity index (χ4n) is 4.96. The second kappa shape index (κ2) is 8.76. The van der Waals surface area contributed by atoms with Crippen LogP contribution < -0.4 is 15.8 Å². The number of rotatable bonds is 4. The lowest BCUT2D eigenvalue weighted by Gasteiger charge is -2.25. The second-order valence-corrected chi connectivity index (χ2v) is 10.6. The normalized spacial score (nSPS) is 18.0. The van der Waals surface area contributed by atoms with Crippen molar-refractivity contribution >= 4 is 23.2 Å². The van der Waals surface area contributed by atoms with Gasteiger partial charge in [0.15, 0.2) is 5.82 Å². The van der Waals surface area contributed by atoms with Crippen LogP contribution in [0.3, 0.4) is 0 Å². The molecule has 3 aromatic heterocycles. The monoisotopic (exact) mass is 495 g/mol. The number of fused-ring (bicyclic) bond motifs is 1. The minimum absolute atomic E-state index is 0.0123. The average molecular weight is 496 g/mol. The Morgan fingerprint density at radius 1 is 1.22 bits per heavy atom. The number of ether oxygens (including phenoxy) is 1. The van der Waals surface area contributed by atoms with E-state index in [0.29, 0.717) is 36.3 Å². The van der Waals surface area contributed by atoms with Gasteiger partial charge in [0.25, 0.3) is 11.5 Å². The molecule has 0 aromatic carbocycles. The van der Waals surface area contributed by atoms with Crippen molar-refractivity contribution < 1.29 is 18.7 Å². The van der Waals surface area contributed by atoms with Gasteiger partial charge in [-0.05, 0) is 70.1 Å². The van der Waals surface area contributed by atoms with Crippen LogP contribution in [0.15, 0.2) is 35.8 Å². The molecule has 10 heteroatoms. The molecule has 2 aliphatic rings. The van der Waals surface area contributed by atoms with Crippen molar-refractivity contribution in [3.8, 4) is 0 Å². The predicted molar refractivity (Wildman–Crippen MR) is 132 cm³/mol. The SMILES string of the molecule is Cc1c(N2CC[C@H](NC(=O)OC(C)(C)C)C2)c(F)cn2c(=O)c(C(=O)n3ccnc3)cc(C3CC3)c12. The molecule has 1 N–H and O–H groups in total. The van der Waals surface area contributed by atoms with Gasteiger partial charge in [-0.25, -0.2) is 14.2 Å². The molecule has 2 fully saturated rings. The van der Waals surface area contributed by atoms with Gasteiger partial charge in [0, 0.05) is 25.5 Å². The summed E-state index contributed by atoms with van der Waals surface area (Å²) < 4.78 is 23.4.